The first-order valence-corrected chi connectivity index (χ1v) is 8.07. The van der Waals surface area contributed by atoms with Crippen molar-refractivity contribution in [2.75, 3.05) is 12.8 Å². The summed E-state index contributed by atoms with van der Waals surface area (Å²) in [5, 5.41) is 1.20. The minimum absolute atomic E-state index is 0.00472. The molecule has 0 fully saturated rings. The summed E-state index contributed by atoms with van der Waals surface area (Å²) in [6, 6.07) is 8.97. The number of thioether (sulfide) groups is 1. The van der Waals surface area contributed by atoms with Crippen LogP contribution in [0.2, 0.25) is 10.0 Å². The molecule has 0 N–H and O–H groups in total. The summed E-state index contributed by atoms with van der Waals surface area (Å²) < 4.78 is 5.46. The molecule has 1 aromatic carbocycles. The third kappa shape index (κ3) is 4.70. The molecule has 6 heteroatoms. The van der Waals surface area contributed by atoms with Crippen LogP contribution in [-0.4, -0.2) is 23.6 Å². The molecule has 2 rings (SSSR count). The molecule has 2 aromatic rings. The maximum Gasteiger partial charge on any atom is 0.233 e. The molecule has 0 saturated heterocycles. The van der Waals surface area contributed by atoms with Crippen LogP contribution in [0, 0.1) is 6.92 Å². The van der Waals surface area contributed by atoms with Gasteiger partial charge in [-0.3, -0.25) is 4.79 Å². The monoisotopic (exact) mass is 343 g/mol. The van der Waals surface area contributed by atoms with Crippen molar-refractivity contribution in [2.45, 2.75) is 18.4 Å². The highest BCUT2D eigenvalue weighted by atomic mass is 35.5. The summed E-state index contributed by atoms with van der Waals surface area (Å²) in [5.74, 6) is 1.92. The molecule has 0 aliphatic rings. The van der Waals surface area contributed by atoms with Gasteiger partial charge in [0.2, 0.25) is 5.91 Å². The van der Waals surface area contributed by atoms with E-state index < -0.39 is 0 Å². The third-order valence-electron chi connectivity index (χ3n) is 2.86. The van der Waals surface area contributed by atoms with Gasteiger partial charge in [0.15, 0.2) is 0 Å². The molecule has 0 aliphatic heterocycles. The van der Waals surface area contributed by atoms with Crippen molar-refractivity contribution in [3.8, 4) is 0 Å². The lowest BCUT2D eigenvalue weighted by Crippen LogP contribution is -2.27. The van der Waals surface area contributed by atoms with E-state index in [2.05, 4.69) is 0 Å². The zero-order valence-corrected chi connectivity index (χ0v) is 14.1. The first-order chi connectivity index (χ1) is 9.95. The number of rotatable bonds is 5. The Labute approximate surface area is 138 Å². The van der Waals surface area contributed by atoms with Crippen molar-refractivity contribution < 1.29 is 9.21 Å². The molecular formula is C15H15Cl2NO2S. The van der Waals surface area contributed by atoms with E-state index in [9.17, 15) is 4.79 Å². The fourth-order valence-corrected chi connectivity index (χ4v) is 3.16. The first kappa shape index (κ1) is 16.3. The Morgan fingerprint density at radius 2 is 2.05 bits per heavy atom. The van der Waals surface area contributed by atoms with E-state index in [1.807, 2.05) is 19.1 Å². The zero-order valence-electron chi connectivity index (χ0n) is 11.7. The smallest absolute Gasteiger partial charge is 0.233 e. The van der Waals surface area contributed by atoms with Crippen molar-refractivity contribution in [1.82, 2.24) is 4.90 Å². The summed E-state index contributed by atoms with van der Waals surface area (Å²) in [6.45, 7) is 2.33. The Morgan fingerprint density at radius 3 is 2.71 bits per heavy atom. The van der Waals surface area contributed by atoms with Crippen molar-refractivity contribution in [3.63, 3.8) is 0 Å². The van der Waals surface area contributed by atoms with Crippen LogP contribution in [0.3, 0.4) is 0 Å². The predicted molar refractivity (Wildman–Crippen MR) is 87.1 cm³/mol. The maximum absolute atomic E-state index is 12.1. The van der Waals surface area contributed by atoms with Crippen LogP contribution in [0.25, 0.3) is 0 Å². The summed E-state index contributed by atoms with van der Waals surface area (Å²) in [7, 11) is 1.75. The van der Waals surface area contributed by atoms with E-state index in [1.165, 1.54) is 11.8 Å². The number of aryl methyl sites for hydroxylation is 1. The maximum atomic E-state index is 12.1. The second-order valence-electron chi connectivity index (χ2n) is 4.63. The van der Waals surface area contributed by atoms with Gasteiger partial charge in [0.05, 0.1) is 17.3 Å². The summed E-state index contributed by atoms with van der Waals surface area (Å²) >= 11 is 13.4. The molecule has 0 radical (unpaired) electrons. The number of carbonyl (C=O) groups excluding carboxylic acids is 1. The van der Waals surface area contributed by atoms with Gasteiger partial charge in [-0.15, -0.1) is 11.8 Å². The molecule has 3 nitrogen and oxygen atoms in total. The highest BCUT2D eigenvalue weighted by Gasteiger charge is 2.13. The lowest BCUT2D eigenvalue weighted by molar-refractivity contribution is -0.127. The van der Waals surface area contributed by atoms with Gasteiger partial charge in [-0.25, -0.2) is 0 Å². The molecule has 1 amide bonds. The third-order valence-corrected chi connectivity index (χ3v) is 4.58. The van der Waals surface area contributed by atoms with Crippen molar-refractivity contribution in [3.05, 3.63) is 51.9 Å². The molecule has 0 atom stereocenters. The van der Waals surface area contributed by atoms with Gasteiger partial charge in [0.25, 0.3) is 0 Å². The molecule has 0 spiro atoms. The van der Waals surface area contributed by atoms with Gasteiger partial charge in [0, 0.05) is 17.0 Å². The average molecular weight is 344 g/mol. The van der Waals surface area contributed by atoms with Gasteiger partial charge in [0.1, 0.15) is 11.5 Å². The molecule has 1 heterocycles. The zero-order chi connectivity index (χ0) is 15.4. The fourth-order valence-electron chi connectivity index (χ4n) is 1.73. The van der Waals surface area contributed by atoms with Crippen LogP contribution >= 0.6 is 35.0 Å². The van der Waals surface area contributed by atoms with E-state index in [0.717, 1.165) is 16.4 Å². The van der Waals surface area contributed by atoms with E-state index >= 15 is 0 Å². The second kappa shape index (κ2) is 7.25. The number of carbonyl (C=O) groups is 1. The fraction of sp³-hybridized carbons (Fsp3) is 0.267. The van der Waals surface area contributed by atoms with Crippen molar-refractivity contribution in [1.29, 1.82) is 0 Å². The molecule has 1 aromatic heterocycles. The van der Waals surface area contributed by atoms with Gasteiger partial charge in [-0.2, -0.15) is 0 Å². The normalized spacial score (nSPS) is 10.7. The van der Waals surface area contributed by atoms with E-state index in [1.54, 1.807) is 30.1 Å². The highest BCUT2D eigenvalue weighted by Crippen LogP contribution is 2.30. The lowest BCUT2D eigenvalue weighted by Gasteiger charge is -2.15. The molecule has 0 aliphatic carbocycles. The summed E-state index contributed by atoms with van der Waals surface area (Å²) in [6.07, 6.45) is 0. The van der Waals surface area contributed by atoms with Gasteiger partial charge in [-0.1, -0.05) is 23.2 Å². The van der Waals surface area contributed by atoms with Gasteiger partial charge < -0.3 is 9.32 Å². The first-order valence-electron chi connectivity index (χ1n) is 6.33. The average Bonchev–Trinajstić information content (AvgIpc) is 2.84. The quantitative estimate of drug-likeness (QED) is 0.741. The lowest BCUT2D eigenvalue weighted by atomic mass is 10.4. The van der Waals surface area contributed by atoms with Crippen LogP contribution in [0.1, 0.15) is 11.5 Å². The second-order valence-corrected chi connectivity index (χ2v) is 6.49. The number of halogens is 2. The standard InChI is InChI=1S/C15H15Cl2NO2S/c1-10-3-5-12(20-10)8-18(2)15(19)9-21-14-7-11(16)4-6-13(14)17/h3-7H,8-9H2,1-2H3. The predicted octanol–water partition coefficient (Wildman–Crippen LogP) is 4.65. The number of hydrogen-bond acceptors (Lipinski definition) is 3. The number of furan rings is 1. The van der Waals surface area contributed by atoms with E-state index in [4.69, 9.17) is 27.6 Å². The Morgan fingerprint density at radius 1 is 1.29 bits per heavy atom. The van der Waals surface area contributed by atoms with E-state index in [0.29, 0.717) is 22.3 Å². The largest absolute Gasteiger partial charge is 0.464 e. The van der Waals surface area contributed by atoms with Crippen molar-refractivity contribution in [2.24, 2.45) is 0 Å². The molecule has 112 valence electrons. The highest BCUT2D eigenvalue weighted by molar-refractivity contribution is 8.00. The molecule has 0 bridgehead atoms. The Bertz CT molecular complexity index is 642. The summed E-state index contributed by atoms with van der Waals surface area (Å²) in [4.78, 5) is 14.5. The summed E-state index contributed by atoms with van der Waals surface area (Å²) in [5.41, 5.74) is 0. The Balaban J connectivity index is 1.90. The van der Waals surface area contributed by atoms with Crippen molar-refractivity contribution >= 4 is 40.9 Å². The number of hydrogen-bond donors (Lipinski definition) is 0. The van der Waals surface area contributed by atoms with Gasteiger partial charge in [-0.05, 0) is 37.3 Å². The van der Waals surface area contributed by atoms with Gasteiger partial charge >= 0.3 is 0 Å². The number of benzene rings is 1. The van der Waals surface area contributed by atoms with Crippen LogP contribution in [0.15, 0.2) is 39.6 Å². The van der Waals surface area contributed by atoms with Crippen LogP contribution in [0.4, 0.5) is 0 Å². The molecule has 0 unspecified atom stereocenters. The molecule has 21 heavy (non-hydrogen) atoms. The molecule has 0 saturated carbocycles. The van der Waals surface area contributed by atoms with E-state index in [-0.39, 0.29) is 5.91 Å². The topological polar surface area (TPSA) is 33.5 Å². The SMILES string of the molecule is Cc1ccc(CN(C)C(=O)CSc2cc(Cl)ccc2Cl)o1. The molecular weight excluding hydrogens is 329 g/mol. The number of amides is 1. The van der Waals surface area contributed by atoms with Crippen LogP contribution in [-0.2, 0) is 11.3 Å². The number of nitrogens with zero attached hydrogens (tertiary/aromatic N) is 1. The minimum Gasteiger partial charge on any atom is -0.464 e. The Hall–Kier alpha value is -1.10. The van der Waals surface area contributed by atoms with Crippen LogP contribution in [0.5, 0.6) is 0 Å². The van der Waals surface area contributed by atoms with Crippen LogP contribution < -0.4 is 0 Å². The Kier molecular flexibility index (Phi) is 5.62. The minimum atomic E-state index is 0.00472.